The van der Waals surface area contributed by atoms with Crippen LogP contribution in [0.5, 0.6) is 0 Å². The molecule has 7 heteroatoms. The van der Waals surface area contributed by atoms with Gasteiger partial charge in [-0.05, 0) is 74.0 Å². The highest BCUT2D eigenvalue weighted by atomic mass is 32.2. The number of aromatic nitrogens is 2. The fourth-order valence-corrected chi connectivity index (χ4v) is 7.23. The predicted octanol–water partition coefficient (Wildman–Crippen LogP) is 6.13. The van der Waals surface area contributed by atoms with Crippen LogP contribution < -0.4 is 0 Å². The van der Waals surface area contributed by atoms with Crippen LogP contribution in [0.25, 0.3) is 0 Å². The fraction of sp³-hybridized carbons (Fsp3) is 0.522. The molecule has 4 fully saturated rings. The Morgan fingerprint density at radius 3 is 2.33 bits per heavy atom. The molecule has 0 aromatic carbocycles. The number of alkyl halides is 3. The van der Waals surface area contributed by atoms with Crippen molar-refractivity contribution in [1.82, 2.24) is 9.97 Å². The third-order valence-corrected chi connectivity index (χ3v) is 8.13. The normalized spacial score (nSPS) is 29.7. The van der Waals surface area contributed by atoms with Crippen molar-refractivity contribution in [1.29, 1.82) is 5.26 Å². The van der Waals surface area contributed by atoms with Gasteiger partial charge in [0.25, 0.3) is 0 Å². The van der Waals surface area contributed by atoms with Crippen molar-refractivity contribution >= 4 is 11.8 Å². The number of hydrogen-bond acceptors (Lipinski definition) is 4. The molecular weight excluding hydrogens is 407 g/mol. The SMILES string of the molecule is N#Cc1c(C(F)(F)F)cc(C23CC4CC(CC(C4)C2)C3)nc1SCc1cccnc1. The van der Waals surface area contributed by atoms with Crippen molar-refractivity contribution in [2.75, 3.05) is 0 Å². The second kappa shape index (κ2) is 7.26. The van der Waals surface area contributed by atoms with Gasteiger partial charge in [-0.2, -0.15) is 18.4 Å². The number of pyridine rings is 2. The molecule has 0 unspecified atom stereocenters. The number of rotatable bonds is 4. The summed E-state index contributed by atoms with van der Waals surface area (Å²) in [5.41, 5.74) is -0.000306. The molecule has 2 aromatic rings. The maximum Gasteiger partial charge on any atom is 0.417 e. The van der Waals surface area contributed by atoms with Crippen molar-refractivity contribution < 1.29 is 13.2 Å². The zero-order valence-corrected chi connectivity index (χ0v) is 17.3. The van der Waals surface area contributed by atoms with Crippen LogP contribution in [-0.4, -0.2) is 9.97 Å². The summed E-state index contributed by atoms with van der Waals surface area (Å²) in [6, 6.07) is 6.65. The minimum atomic E-state index is -4.57. The first-order valence-electron chi connectivity index (χ1n) is 10.4. The Labute approximate surface area is 178 Å². The number of halogens is 3. The maximum absolute atomic E-state index is 13.9. The Hall–Kier alpha value is -2.07. The second-order valence-electron chi connectivity index (χ2n) is 9.19. The van der Waals surface area contributed by atoms with Crippen LogP contribution in [0, 0.1) is 29.1 Å². The Morgan fingerprint density at radius 1 is 1.13 bits per heavy atom. The van der Waals surface area contributed by atoms with E-state index in [0.29, 0.717) is 29.2 Å². The summed E-state index contributed by atoms with van der Waals surface area (Å²) < 4.78 is 41.8. The monoisotopic (exact) mass is 429 g/mol. The van der Waals surface area contributed by atoms with Gasteiger partial charge in [-0.25, -0.2) is 4.98 Å². The van der Waals surface area contributed by atoms with E-state index in [-0.39, 0.29) is 16.0 Å². The first-order valence-corrected chi connectivity index (χ1v) is 11.4. The van der Waals surface area contributed by atoms with Crippen LogP contribution in [0.15, 0.2) is 35.6 Å². The average molecular weight is 430 g/mol. The highest BCUT2D eigenvalue weighted by Gasteiger charge is 2.53. The van der Waals surface area contributed by atoms with E-state index >= 15 is 0 Å². The molecular formula is C23H22F3N3S. The van der Waals surface area contributed by atoms with Crippen molar-refractivity contribution in [3.63, 3.8) is 0 Å². The molecule has 0 spiro atoms. The summed E-state index contributed by atoms with van der Waals surface area (Å²) in [5.74, 6) is 2.25. The molecule has 156 valence electrons. The molecule has 4 aliphatic carbocycles. The van der Waals surface area contributed by atoms with E-state index in [4.69, 9.17) is 4.98 Å². The number of nitriles is 1. The molecule has 2 aromatic heterocycles. The molecule has 6 rings (SSSR count). The van der Waals surface area contributed by atoms with E-state index in [0.717, 1.165) is 24.8 Å². The summed E-state index contributed by atoms with van der Waals surface area (Å²) >= 11 is 1.20. The van der Waals surface area contributed by atoms with Gasteiger partial charge in [-0.1, -0.05) is 6.07 Å². The molecule has 0 aliphatic heterocycles. The van der Waals surface area contributed by atoms with E-state index in [1.165, 1.54) is 37.1 Å². The highest BCUT2D eigenvalue weighted by Crippen LogP contribution is 2.60. The molecule has 0 radical (unpaired) electrons. The van der Waals surface area contributed by atoms with E-state index in [2.05, 4.69) is 4.98 Å². The van der Waals surface area contributed by atoms with E-state index in [1.807, 2.05) is 6.07 Å². The van der Waals surface area contributed by atoms with Gasteiger partial charge in [-0.3, -0.25) is 4.98 Å². The van der Waals surface area contributed by atoms with Crippen LogP contribution >= 0.6 is 11.8 Å². The second-order valence-corrected chi connectivity index (χ2v) is 10.2. The van der Waals surface area contributed by atoms with Gasteiger partial charge < -0.3 is 0 Å². The van der Waals surface area contributed by atoms with Gasteiger partial charge in [0.15, 0.2) is 0 Å². The molecule has 0 N–H and O–H groups in total. The Balaban J connectivity index is 1.57. The van der Waals surface area contributed by atoms with Crippen LogP contribution in [0.2, 0.25) is 0 Å². The van der Waals surface area contributed by atoms with Crippen LogP contribution in [0.4, 0.5) is 13.2 Å². The maximum atomic E-state index is 13.9. The van der Waals surface area contributed by atoms with E-state index < -0.39 is 11.7 Å². The molecule has 2 heterocycles. The smallest absolute Gasteiger partial charge is 0.264 e. The number of nitrogens with zero attached hydrogens (tertiary/aromatic N) is 3. The Morgan fingerprint density at radius 2 is 1.80 bits per heavy atom. The highest BCUT2D eigenvalue weighted by molar-refractivity contribution is 7.98. The van der Waals surface area contributed by atoms with Crippen molar-refractivity contribution in [2.45, 2.75) is 60.9 Å². The lowest BCUT2D eigenvalue weighted by Gasteiger charge is -2.56. The molecule has 4 bridgehead atoms. The third-order valence-electron chi connectivity index (χ3n) is 7.08. The standard InChI is InChI=1S/C23H22F3N3S/c24-23(25,26)19-7-20(22-8-15-4-16(9-22)6-17(5-15)10-22)29-21(18(19)11-27)30-13-14-2-1-3-28-12-14/h1-3,7,12,15-17H,4-6,8-10,13H2. The third kappa shape index (κ3) is 3.49. The lowest BCUT2D eigenvalue weighted by Crippen LogP contribution is -2.49. The Bertz CT molecular complexity index is 962. The molecule has 30 heavy (non-hydrogen) atoms. The molecule has 4 saturated carbocycles. The van der Waals surface area contributed by atoms with Crippen molar-refractivity contribution in [3.05, 3.63) is 53.0 Å². The topological polar surface area (TPSA) is 49.6 Å². The van der Waals surface area contributed by atoms with Gasteiger partial charge in [0.2, 0.25) is 0 Å². The lowest BCUT2D eigenvalue weighted by atomic mass is 9.48. The summed E-state index contributed by atoms with van der Waals surface area (Å²) in [4.78, 5) is 8.80. The largest absolute Gasteiger partial charge is 0.417 e. The molecule has 4 aliphatic rings. The average Bonchev–Trinajstić information content (AvgIpc) is 2.70. The quantitative estimate of drug-likeness (QED) is 0.549. The number of thioether (sulfide) groups is 1. The number of hydrogen-bond donors (Lipinski definition) is 0. The van der Waals surface area contributed by atoms with Crippen LogP contribution in [0.3, 0.4) is 0 Å². The Kier molecular flexibility index (Phi) is 4.81. The molecule has 0 amide bonds. The van der Waals surface area contributed by atoms with Crippen LogP contribution in [-0.2, 0) is 17.3 Å². The van der Waals surface area contributed by atoms with Gasteiger partial charge >= 0.3 is 6.18 Å². The minimum Gasteiger partial charge on any atom is -0.264 e. The van der Waals surface area contributed by atoms with Gasteiger partial charge in [0.1, 0.15) is 11.1 Å². The van der Waals surface area contributed by atoms with Gasteiger partial charge in [0, 0.05) is 29.3 Å². The predicted molar refractivity (Wildman–Crippen MR) is 108 cm³/mol. The summed E-state index contributed by atoms with van der Waals surface area (Å²) in [7, 11) is 0. The van der Waals surface area contributed by atoms with E-state index in [1.54, 1.807) is 24.5 Å². The van der Waals surface area contributed by atoms with E-state index in [9.17, 15) is 18.4 Å². The molecule has 0 atom stereocenters. The summed E-state index contributed by atoms with van der Waals surface area (Å²) in [6.45, 7) is 0. The molecule has 0 saturated heterocycles. The first-order chi connectivity index (χ1) is 14.4. The van der Waals surface area contributed by atoms with Crippen molar-refractivity contribution in [3.8, 4) is 6.07 Å². The fourth-order valence-electron chi connectivity index (χ4n) is 6.29. The molecule has 3 nitrogen and oxygen atoms in total. The zero-order chi connectivity index (χ0) is 20.9. The van der Waals surface area contributed by atoms with Crippen LogP contribution in [0.1, 0.15) is 60.9 Å². The minimum absolute atomic E-state index is 0.196. The van der Waals surface area contributed by atoms with Gasteiger partial charge in [0.05, 0.1) is 11.1 Å². The van der Waals surface area contributed by atoms with Crippen molar-refractivity contribution in [2.24, 2.45) is 17.8 Å². The summed E-state index contributed by atoms with van der Waals surface area (Å²) in [5, 5.41) is 9.77. The summed E-state index contributed by atoms with van der Waals surface area (Å²) in [6.07, 6.45) is 5.20. The first kappa shape index (κ1) is 19.9. The van der Waals surface area contributed by atoms with Gasteiger partial charge in [-0.15, -0.1) is 11.8 Å². The zero-order valence-electron chi connectivity index (χ0n) is 16.5. The lowest BCUT2D eigenvalue weighted by molar-refractivity contribution is -0.138.